The first-order valence-corrected chi connectivity index (χ1v) is 8.56. The average molecular weight is 374 g/mol. The summed E-state index contributed by atoms with van der Waals surface area (Å²) in [5.41, 5.74) is 2.04. The maximum absolute atomic E-state index is 12.5. The number of carbonyl (C=O) groups excluding carboxylic acids is 1. The van der Waals surface area contributed by atoms with Crippen LogP contribution in [0.25, 0.3) is 0 Å². The Balaban J connectivity index is 0.00000144. The first kappa shape index (κ1) is 21.2. The lowest BCUT2D eigenvalue weighted by molar-refractivity contribution is 0.0925. The lowest BCUT2D eigenvalue weighted by Gasteiger charge is -2.28. The summed E-state index contributed by atoms with van der Waals surface area (Å²) in [6.45, 7) is 6.49. The van der Waals surface area contributed by atoms with Crippen LogP contribution in [0.15, 0.2) is 24.3 Å². The Bertz CT molecular complexity index is 521. The largest absolute Gasteiger partial charge is 0.349 e. The molecule has 136 valence electrons. The average Bonchev–Trinajstić information content (AvgIpc) is 3.00. The van der Waals surface area contributed by atoms with Crippen LogP contribution in [-0.4, -0.2) is 42.5 Å². The zero-order valence-corrected chi connectivity index (χ0v) is 15.9. The van der Waals surface area contributed by atoms with Crippen LogP contribution in [0.2, 0.25) is 0 Å². The molecule has 0 saturated carbocycles. The number of hydrogen-bond donors (Lipinski definition) is 2. The topological polar surface area (TPSA) is 44.4 Å². The highest BCUT2D eigenvalue weighted by molar-refractivity contribution is 5.94. The van der Waals surface area contributed by atoms with Crippen molar-refractivity contribution >= 4 is 30.7 Å². The van der Waals surface area contributed by atoms with Crippen molar-refractivity contribution in [3.05, 3.63) is 35.4 Å². The van der Waals surface area contributed by atoms with Gasteiger partial charge in [0.05, 0.1) is 0 Å². The number of halogens is 2. The molecule has 2 heterocycles. The highest BCUT2D eigenvalue weighted by Gasteiger charge is 2.20. The van der Waals surface area contributed by atoms with E-state index in [2.05, 4.69) is 34.6 Å². The van der Waals surface area contributed by atoms with Gasteiger partial charge in [-0.3, -0.25) is 9.69 Å². The molecule has 24 heavy (non-hydrogen) atoms. The molecule has 1 aromatic rings. The lowest BCUT2D eigenvalue weighted by Crippen LogP contribution is -2.46. The summed E-state index contributed by atoms with van der Waals surface area (Å²) < 4.78 is 0. The minimum atomic E-state index is 0. The molecular weight excluding hydrogens is 345 g/mol. The van der Waals surface area contributed by atoms with Crippen molar-refractivity contribution in [1.29, 1.82) is 0 Å². The highest BCUT2D eigenvalue weighted by Crippen LogP contribution is 2.15. The molecule has 2 aliphatic heterocycles. The van der Waals surface area contributed by atoms with Gasteiger partial charge >= 0.3 is 0 Å². The fourth-order valence-electron chi connectivity index (χ4n) is 3.54. The van der Waals surface area contributed by atoms with Crippen molar-refractivity contribution in [2.24, 2.45) is 0 Å². The molecule has 0 radical (unpaired) electrons. The fraction of sp³-hybridized carbons (Fsp3) is 0.611. The maximum Gasteiger partial charge on any atom is 0.251 e. The van der Waals surface area contributed by atoms with E-state index < -0.39 is 0 Å². The smallest absolute Gasteiger partial charge is 0.251 e. The Morgan fingerprint density at radius 2 is 2.04 bits per heavy atom. The molecule has 0 aliphatic carbocycles. The zero-order valence-electron chi connectivity index (χ0n) is 14.3. The standard InChI is InChI=1S/C18H27N3O.2ClH/c1-14-11-17(7-8-19-14)20-18(22)16-6-4-5-15(12-16)13-21-9-2-3-10-21;;/h4-6,12,14,17,19H,2-3,7-11,13H2,1H3,(H,20,22);2*1H. The minimum absolute atomic E-state index is 0. The summed E-state index contributed by atoms with van der Waals surface area (Å²) in [4.78, 5) is 14.9. The molecule has 0 spiro atoms. The predicted octanol–water partition coefficient (Wildman–Crippen LogP) is 3.00. The van der Waals surface area contributed by atoms with Gasteiger partial charge in [0, 0.05) is 24.2 Å². The van der Waals surface area contributed by atoms with E-state index >= 15 is 0 Å². The van der Waals surface area contributed by atoms with E-state index in [4.69, 9.17) is 0 Å². The van der Waals surface area contributed by atoms with Gasteiger partial charge in [-0.15, -0.1) is 24.8 Å². The van der Waals surface area contributed by atoms with Gasteiger partial charge in [-0.1, -0.05) is 12.1 Å². The van der Waals surface area contributed by atoms with E-state index in [1.165, 1.54) is 31.5 Å². The van der Waals surface area contributed by atoms with Crippen molar-refractivity contribution in [2.75, 3.05) is 19.6 Å². The molecule has 2 saturated heterocycles. The van der Waals surface area contributed by atoms with Crippen LogP contribution in [0.5, 0.6) is 0 Å². The van der Waals surface area contributed by atoms with Crippen molar-refractivity contribution in [1.82, 2.24) is 15.5 Å². The van der Waals surface area contributed by atoms with Crippen LogP contribution in [0.1, 0.15) is 48.5 Å². The first-order chi connectivity index (χ1) is 10.7. The van der Waals surface area contributed by atoms with Gasteiger partial charge in [-0.2, -0.15) is 0 Å². The number of piperidine rings is 1. The number of hydrogen-bond acceptors (Lipinski definition) is 3. The Labute approximate surface area is 157 Å². The molecule has 6 heteroatoms. The molecule has 0 bridgehead atoms. The van der Waals surface area contributed by atoms with Gasteiger partial charge < -0.3 is 10.6 Å². The molecule has 2 N–H and O–H groups in total. The molecule has 1 aromatic carbocycles. The maximum atomic E-state index is 12.5. The number of nitrogens with zero attached hydrogens (tertiary/aromatic N) is 1. The third-order valence-electron chi connectivity index (χ3n) is 4.75. The van der Waals surface area contributed by atoms with Gasteiger partial charge in [0.25, 0.3) is 5.91 Å². The van der Waals surface area contributed by atoms with Crippen molar-refractivity contribution in [3.8, 4) is 0 Å². The molecular formula is C18H29Cl2N3O. The normalized spacial score (nSPS) is 23.9. The number of amides is 1. The number of carbonyl (C=O) groups is 1. The molecule has 2 unspecified atom stereocenters. The first-order valence-electron chi connectivity index (χ1n) is 8.56. The Morgan fingerprint density at radius 1 is 1.29 bits per heavy atom. The van der Waals surface area contributed by atoms with Crippen LogP contribution in [-0.2, 0) is 6.54 Å². The number of nitrogens with one attached hydrogen (secondary N) is 2. The fourth-order valence-corrected chi connectivity index (χ4v) is 3.54. The Morgan fingerprint density at radius 3 is 2.75 bits per heavy atom. The molecule has 4 nitrogen and oxygen atoms in total. The summed E-state index contributed by atoms with van der Waals surface area (Å²) in [7, 11) is 0. The molecule has 3 rings (SSSR count). The second-order valence-electron chi connectivity index (χ2n) is 6.73. The quantitative estimate of drug-likeness (QED) is 0.852. The van der Waals surface area contributed by atoms with Crippen molar-refractivity contribution < 1.29 is 4.79 Å². The van der Waals surface area contributed by atoms with E-state index in [9.17, 15) is 4.79 Å². The van der Waals surface area contributed by atoms with Crippen LogP contribution < -0.4 is 10.6 Å². The predicted molar refractivity (Wildman–Crippen MR) is 103 cm³/mol. The van der Waals surface area contributed by atoms with Crippen LogP contribution in [0, 0.1) is 0 Å². The Kier molecular flexibility index (Phi) is 9.06. The second kappa shape index (κ2) is 10.2. The summed E-state index contributed by atoms with van der Waals surface area (Å²) >= 11 is 0. The van der Waals surface area contributed by atoms with Crippen LogP contribution >= 0.6 is 24.8 Å². The van der Waals surface area contributed by atoms with E-state index in [0.29, 0.717) is 12.1 Å². The van der Waals surface area contributed by atoms with E-state index in [1.807, 2.05) is 12.1 Å². The third kappa shape index (κ3) is 5.92. The van der Waals surface area contributed by atoms with Crippen molar-refractivity contribution in [2.45, 2.75) is 51.2 Å². The van der Waals surface area contributed by atoms with E-state index in [1.54, 1.807) is 0 Å². The van der Waals surface area contributed by atoms with Gasteiger partial charge in [0.1, 0.15) is 0 Å². The van der Waals surface area contributed by atoms with Gasteiger partial charge in [0.15, 0.2) is 0 Å². The number of likely N-dealkylation sites (tertiary alicyclic amines) is 1. The van der Waals surface area contributed by atoms with Gasteiger partial charge in [0.2, 0.25) is 0 Å². The molecule has 1 amide bonds. The number of benzene rings is 1. The third-order valence-corrected chi connectivity index (χ3v) is 4.75. The van der Waals surface area contributed by atoms with Gasteiger partial charge in [-0.05, 0) is 69.9 Å². The molecule has 2 fully saturated rings. The summed E-state index contributed by atoms with van der Waals surface area (Å²) in [6, 6.07) is 8.89. The lowest BCUT2D eigenvalue weighted by atomic mass is 10.00. The highest BCUT2D eigenvalue weighted by atomic mass is 35.5. The zero-order chi connectivity index (χ0) is 15.4. The summed E-state index contributed by atoms with van der Waals surface area (Å²) in [6.07, 6.45) is 4.63. The molecule has 2 aliphatic rings. The van der Waals surface area contributed by atoms with Crippen molar-refractivity contribution in [3.63, 3.8) is 0 Å². The van der Waals surface area contributed by atoms with Gasteiger partial charge in [-0.25, -0.2) is 0 Å². The second-order valence-corrected chi connectivity index (χ2v) is 6.73. The molecule has 2 atom stereocenters. The van der Waals surface area contributed by atoms with E-state index in [-0.39, 0.29) is 30.7 Å². The Hall–Kier alpha value is -0.810. The summed E-state index contributed by atoms with van der Waals surface area (Å²) in [5.74, 6) is 0.0716. The minimum Gasteiger partial charge on any atom is -0.349 e. The van der Waals surface area contributed by atoms with E-state index in [0.717, 1.165) is 31.5 Å². The SMILES string of the molecule is CC1CC(NC(=O)c2cccc(CN3CCCC3)c2)CCN1.Cl.Cl. The summed E-state index contributed by atoms with van der Waals surface area (Å²) in [5, 5.41) is 6.61. The monoisotopic (exact) mass is 373 g/mol. The van der Waals surface area contributed by atoms with Crippen LogP contribution in [0.4, 0.5) is 0 Å². The molecule has 0 aromatic heterocycles. The number of rotatable bonds is 4. The van der Waals surface area contributed by atoms with Crippen LogP contribution in [0.3, 0.4) is 0 Å².